The number of aliphatic hydroxyl groups is 1. The Balaban J connectivity index is 1.81. The first-order valence-corrected chi connectivity index (χ1v) is 7.36. The maximum Gasteiger partial charge on any atom is 0.253 e. The van der Waals surface area contributed by atoms with Crippen LogP contribution >= 0.6 is 11.6 Å². The number of likely N-dealkylation sites (tertiary alicyclic amines) is 1. The minimum absolute atomic E-state index is 0.0910. The molecule has 114 valence electrons. The van der Waals surface area contributed by atoms with Crippen LogP contribution in [-0.4, -0.2) is 47.1 Å². The number of benzene rings is 1. The highest BCUT2D eigenvalue weighted by Gasteiger charge is 2.42. The zero-order valence-electron chi connectivity index (χ0n) is 11.9. The van der Waals surface area contributed by atoms with Gasteiger partial charge in [0.1, 0.15) is 0 Å². The van der Waals surface area contributed by atoms with Crippen molar-refractivity contribution in [1.82, 2.24) is 10.2 Å². The third-order valence-corrected chi connectivity index (χ3v) is 3.89. The topological polar surface area (TPSA) is 69.6 Å². The fourth-order valence-corrected chi connectivity index (χ4v) is 2.69. The first kappa shape index (κ1) is 15.8. The maximum absolute atomic E-state index is 11.9. The molecule has 1 aromatic rings. The SMILES string of the molecule is CCCC1(O)CN(C(=O)CNC(=O)c2ccccc2Cl)C1. The molecule has 21 heavy (non-hydrogen) atoms. The quantitative estimate of drug-likeness (QED) is 0.864. The van der Waals surface area contributed by atoms with Gasteiger partial charge in [0.25, 0.3) is 5.91 Å². The molecule has 1 heterocycles. The number of carbonyl (C=O) groups excluding carboxylic acids is 2. The first-order valence-electron chi connectivity index (χ1n) is 6.98. The van der Waals surface area contributed by atoms with Gasteiger partial charge in [-0.1, -0.05) is 37.1 Å². The third-order valence-electron chi connectivity index (χ3n) is 3.56. The van der Waals surface area contributed by atoms with E-state index in [0.29, 0.717) is 30.1 Å². The van der Waals surface area contributed by atoms with Gasteiger partial charge in [-0.05, 0) is 18.6 Å². The highest BCUT2D eigenvalue weighted by atomic mass is 35.5. The van der Waals surface area contributed by atoms with Crippen LogP contribution in [-0.2, 0) is 4.79 Å². The van der Waals surface area contributed by atoms with Gasteiger partial charge in [-0.3, -0.25) is 9.59 Å². The van der Waals surface area contributed by atoms with E-state index in [0.717, 1.165) is 6.42 Å². The van der Waals surface area contributed by atoms with E-state index < -0.39 is 5.60 Å². The van der Waals surface area contributed by atoms with Crippen molar-refractivity contribution in [1.29, 1.82) is 0 Å². The molecular formula is C15H19ClN2O3. The Bertz CT molecular complexity index is 541. The summed E-state index contributed by atoms with van der Waals surface area (Å²) in [5.41, 5.74) is -0.407. The average molecular weight is 311 g/mol. The van der Waals surface area contributed by atoms with Crippen LogP contribution in [0.3, 0.4) is 0 Å². The van der Waals surface area contributed by atoms with E-state index in [1.807, 2.05) is 6.92 Å². The zero-order chi connectivity index (χ0) is 15.5. The highest BCUT2D eigenvalue weighted by Crippen LogP contribution is 2.25. The molecule has 0 aliphatic carbocycles. The lowest BCUT2D eigenvalue weighted by Crippen LogP contribution is -2.64. The molecular weight excluding hydrogens is 292 g/mol. The van der Waals surface area contributed by atoms with E-state index in [1.165, 1.54) is 0 Å². The van der Waals surface area contributed by atoms with Gasteiger partial charge in [0.05, 0.1) is 35.8 Å². The summed E-state index contributed by atoms with van der Waals surface area (Å²) in [6, 6.07) is 6.67. The molecule has 0 bridgehead atoms. The molecule has 1 aromatic carbocycles. The molecule has 0 unspecified atom stereocenters. The maximum atomic E-state index is 11.9. The van der Waals surface area contributed by atoms with Crippen LogP contribution in [0.1, 0.15) is 30.1 Å². The van der Waals surface area contributed by atoms with Crippen molar-refractivity contribution >= 4 is 23.4 Å². The Morgan fingerprint density at radius 3 is 2.67 bits per heavy atom. The van der Waals surface area contributed by atoms with Gasteiger partial charge in [0.2, 0.25) is 5.91 Å². The van der Waals surface area contributed by atoms with Crippen LogP contribution in [0.15, 0.2) is 24.3 Å². The Hall–Kier alpha value is -1.59. The summed E-state index contributed by atoms with van der Waals surface area (Å²) >= 11 is 5.92. The molecule has 0 radical (unpaired) electrons. The predicted octanol–water partition coefficient (Wildman–Crippen LogP) is 1.44. The number of halogens is 1. The van der Waals surface area contributed by atoms with E-state index in [-0.39, 0.29) is 18.4 Å². The van der Waals surface area contributed by atoms with Gasteiger partial charge in [0, 0.05) is 0 Å². The summed E-state index contributed by atoms with van der Waals surface area (Å²) in [5.74, 6) is -0.575. The van der Waals surface area contributed by atoms with Crippen molar-refractivity contribution in [3.05, 3.63) is 34.9 Å². The van der Waals surface area contributed by atoms with Gasteiger partial charge in [-0.15, -0.1) is 0 Å². The van der Waals surface area contributed by atoms with E-state index in [2.05, 4.69) is 5.32 Å². The lowest BCUT2D eigenvalue weighted by Gasteiger charge is -2.46. The minimum atomic E-state index is -0.753. The standard InChI is InChI=1S/C15H19ClN2O3/c1-2-7-15(21)9-18(10-15)13(19)8-17-14(20)11-5-3-4-6-12(11)16/h3-6,21H,2,7-10H2,1H3,(H,17,20). The largest absolute Gasteiger partial charge is 0.386 e. The summed E-state index contributed by atoms with van der Waals surface area (Å²) in [7, 11) is 0. The second-order valence-corrected chi connectivity index (χ2v) is 5.79. The third kappa shape index (κ3) is 3.74. The van der Waals surface area contributed by atoms with Crippen molar-refractivity contribution in [3.63, 3.8) is 0 Å². The Morgan fingerprint density at radius 2 is 2.05 bits per heavy atom. The van der Waals surface area contributed by atoms with Crippen LogP contribution in [0.5, 0.6) is 0 Å². The predicted molar refractivity (Wildman–Crippen MR) is 80.2 cm³/mol. The van der Waals surface area contributed by atoms with E-state index in [9.17, 15) is 14.7 Å². The fraction of sp³-hybridized carbons (Fsp3) is 0.467. The van der Waals surface area contributed by atoms with Crippen LogP contribution in [0.2, 0.25) is 5.02 Å². The summed E-state index contributed by atoms with van der Waals surface area (Å²) in [4.78, 5) is 25.4. The Labute approximate surface area is 128 Å². The highest BCUT2D eigenvalue weighted by molar-refractivity contribution is 6.33. The smallest absolute Gasteiger partial charge is 0.253 e. The van der Waals surface area contributed by atoms with Gasteiger partial charge in [0.15, 0.2) is 0 Å². The number of amides is 2. The number of nitrogens with zero attached hydrogens (tertiary/aromatic N) is 1. The average Bonchev–Trinajstić information content (AvgIpc) is 2.42. The summed E-state index contributed by atoms with van der Waals surface area (Å²) in [6.07, 6.45) is 1.56. The van der Waals surface area contributed by atoms with Crippen molar-refractivity contribution in [2.45, 2.75) is 25.4 Å². The molecule has 6 heteroatoms. The number of β-amino-alcohol motifs (C(OH)–C–C–N with tert-alkyl or cyclic N) is 1. The van der Waals surface area contributed by atoms with Crippen molar-refractivity contribution in [2.24, 2.45) is 0 Å². The molecule has 1 saturated heterocycles. The van der Waals surface area contributed by atoms with Crippen molar-refractivity contribution in [2.75, 3.05) is 19.6 Å². The molecule has 2 N–H and O–H groups in total. The molecule has 0 saturated carbocycles. The lowest BCUT2D eigenvalue weighted by molar-refractivity contribution is -0.155. The molecule has 2 amide bonds. The van der Waals surface area contributed by atoms with E-state index in [1.54, 1.807) is 29.2 Å². The number of carbonyl (C=O) groups is 2. The van der Waals surface area contributed by atoms with E-state index >= 15 is 0 Å². The molecule has 5 nitrogen and oxygen atoms in total. The van der Waals surface area contributed by atoms with Gasteiger partial charge in [-0.2, -0.15) is 0 Å². The van der Waals surface area contributed by atoms with Crippen LogP contribution < -0.4 is 5.32 Å². The molecule has 0 spiro atoms. The van der Waals surface area contributed by atoms with Crippen molar-refractivity contribution in [3.8, 4) is 0 Å². The molecule has 1 fully saturated rings. The molecule has 0 aromatic heterocycles. The molecule has 2 rings (SSSR count). The van der Waals surface area contributed by atoms with Crippen LogP contribution in [0, 0.1) is 0 Å². The second-order valence-electron chi connectivity index (χ2n) is 5.39. The summed E-state index contributed by atoms with van der Waals surface area (Å²) in [5, 5.41) is 12.9. The van der Waals surface area contributed by atoms with Crippen molar-refractivity contribution < 1.29 is 14.7 Å². The lowest BCUT2D eigenvalue weighted by atomic mass is 9.89. The zero-order valence-corrected chi connectivity index (χ0v) is 12.7. The Morgan fingerprint density at radius 1 is 1.38 bits per heavy atom. The number of rotatable bonds is 5. The van der Waals surface area contributed by atoms with Crippen LogP contribution in [0.25, 0.3) is 0 Å². The molecule has 1 aliphatic heterocycles. The molecule has 1 aliphatic rings. The Kier molecular flexibility index (Phi) is 4.85. The molecule has 0 atom stereocenters. The van der Waals surface area contributed by atoms with Gasteiger partial charge >= 0.3 is 0 Å². The number of hydrogen-bond donors (Lipinski definition) is 2. The monoisotopic (exact) mass is 310 g/mol. The second kappa shape index (κ2) is 6.45. The number of nitrogens with one attached hydrogen (secondary N) is 1. The summed E-state index contributed by atoms with van der Waals surface area (Å²) < 4.78 is 0. The van der Waals surface area contributed by atoms with Gasteiger partial charge in [-0.25, -0.2) is 0 Å². The minimum Gasteiger partial charge on any atom is -0.386 e. The fourth-order valence-electron chi connectivity index (χ4n) is 2.47. The van der Waals surface area contributed by atoms with Gasteiger partial charge < -0.3 is 15.3 Å². The van der Waals surface area contributed by atoms with E-state index in [4.69, 9.17) is 11.6 Å². The number of hydrogen-bond acceptors (Lipinski definition) is 3. The normalized spacial score (nSPS) is 16.2. The first-order chi connectivity index (χ1) is 9.95. The summed E-state index contributed by atoms with van der Waals surface area (Å²) in [6.45, 7) is 2.57. The van der Waals surface area contributed by atoms with Crippen LogP contribution in [0.4, 0.5) is 0 Å².